The van der Waals surface area contributed by atoms with Crippen molar-refractivity contribution in [3.63, 3.8) is 0 Å². The van der Waals surface area contributed by atoms with Gasteiger partial charge in [-0.1, -0.05) is 11.6 Å². The van der Waals surface area contributed by atoms with Gasteiger partial charge in [0.05, 0.1) is 17.4 Å². The highest BCUT2D eigenvalue weighted by Gasteiger charge is 2.22. The van der Waals surface area contributed by atoms with E-state index in [1.807, 2.05) is 25.1 Å². The van der Waals surface area contributed by atoms with Crippen molar-refractivity contribution in [1.82, 2.24) is 19.9 Å². The third-order valence-electron chi connectivity index (χ3n) is 3.74. The first kappa shape index (κ1) is 15.7. The van der Waals surface area contributed by atoms with Gasteiger partial charge in [0.15, 0.2) is 0 Å². The molecule has 0 aliphatic carbocycles. The number of nitrogens with zero attached hydrogens (tertiary/aromatic N) is 6. The summed E-state index contributed by atoms with van der Waals surface area (Å²) in [7, 11) is 3.93. The Labute approximate surface area is 140 Å². The molecule has 2 aromatic heterocycles. The van der Waals surface area contributed by atoms with Crippen LogP contribution in [0.1, 0.15) is 12.8 Å². The summed E-state index contributed by atoms with van der Waals surface area (Å²) < 4.78 is 0. The van der Waals surface area contributed by atoms with Crippen LogP contribution in [0.5, 0.6) is 0 Å². The third-order valence-corrected chi connectivity index (χ3v) is 3.94. The molecule has 1 N–H and O–H groups in total. The normalized spacial score (nSPS) is 17.9. The molecule has 1 saturated heterocycles. The van der Waals surface area contributed by atoms with Crippen molar-refractivity contribution in [2.75, 3.05) is 42.3 Å². The molecule has 7 nitrogen and oxygen atoms in total. The maximum Gasteiger partial charge on any atom is 0.225 e. The van der Waals surface area contributed by atoms with Crippen LogP contribution in [0.15, 0.2) is 24.7 Å². The Morgan fingerprint density at radius 3 is 2.78 bits per heavy atom. The predicted octanol–water partition coefficient (Wildman–Crippen LogP) is 2.07. The molecule has 2 aromatic rings. The number of aromatic nitrogens is 4. The van der Waals surface area contributed by atoms with Crippen LogP contribution in [0.25, 0.3) is 0 Å². The Morgan fingerprint density at radius 1 is 1.26 bits per heavy atom. The Morgan fingerprint density at radius 2 is 2.04 bits per heavy atom. The van der Waals surface area contributed by atoms with Crippen LogP contribution in [0.2, 0.25) is 5.02 Å². The molecule has 1 atom stereocenters. The quantitative estimate of drug-likeness (QED) is 0.918. The predicted molar refractivity (Wildman–Crippen MR) is 92.3 cm³/mol. The van der Waals surface area contributed by atoms with Gasteiger partial charge in [0, 0.05) is 39.4 Å². The molecule has 0 radical (unpaired) electrons. The fourth-order valence-electron chi connectivity index (χ4n) is 2.60. The molecule has 1 unspecified atom stereocenters. The number of piperidine rings is 1. The van der Waals surface area contributed by atoms with E-state index in [0.717, 1.165) is 31.7 Å². The second-order valence-electron chi connectivity index (χ2n) is 5.76. The summed E-state index contributed by atoms with van der Waals surface area (Å²) in [6.07, 6.45) is 7.17. The first-order valence-electron chi connectivity index (χ1n) is 7.61. The lowest BCUT2D eigenvalue weighted by Gasteiger charge is -2.33. The Balaban J connectivity index is 1.67. The fourth-order valence-corrected chi connectivity index (χ4v) is 2.69. The van der Waals surface area contributed by atoms with Gasteiger partial charge in [-0.3, -0.25) is 0 Å². The van der Waals surface area contributed by atoms with E-state index in [9.17, 15) is 0 Å². The molecular formula is C15H20ClN7. The molecule has 8 heteroatoms. The molecule has 0 aromatic carbocycles. The zero-order chi connectivity index (χ0) is 16.2. The van der Waals surface area contributed by atoms with Crippen LogP contribution < -0.4 is 15.1 Å². The number of hydrogen-bond acceptors (Lipinski definition) is 7. The van der Waals surface area contributed by atoms with Crippen molar-refractivity contribution in [3.8, 4) is 0 Å². The first-order chi connectivity index (χ1) is 11.1. The van der Waals surface area contributed by atoms with E-state index < -0.39 is 0 Å². The second kappa shape index (κ2) is 6.95. The summed E-state index contributed by atoms with van der Waals surface area (Å²) in [5.74, 6) is 2.25. The molecule has 0 saturated carbocycles. The maximum absolute atomic E-state index is 5.85. The summed E-state index contributed by atoms with van der Waals surface area (Å²) >= 11 is 5.85. The van der Waals surface area contributed by atoms with E-state index in [1.54, 1.807) is 18.6 Å². The minimum absolute atomic E-state index is 0.264. The topological polar surface area (TPSA) is 70.1 Å². The van der Waals surface area contributed by atoms with Gasteiger partial charge in [-0.05, 0) is 18.9 Å². The number of nitrogens with one attached hydrogen (secondary N) is 1. The SMILES string of the molecule is CN(C)c1ccnc(NC2CCCN(c3ncc(Cl)cn3)C2)n1. The average Bonchev–Trinajstić information content (AvgIpc) is 2.56. The van der Waals surface area contributed by atoms with Gasteiger partial charge in [-0.25, -0.2) is 15.0 Å². The monoisotopic (exact) mass is 333 g/mol. The summed E-state index contributed by atoms with van der Waals surface area (Å²) in [6.45, 7) is 1.76. The number of hydrogen-bond donors (Lipinski definition) is 1. The van der Waals surface area contributed by atoms with Crippen molar-refractivity contribution < 1.29 is 0 Å². The highest BCUT2D eigenvalue weighted by molar-refractivity contribution is 6.30. The van der Waals surface area contributed by atoms with E-state index in [4.69, 9.17) is 11.6 Å². The first-order valence-corrected chi connectivity index (χ1v) is 7.99. The molecule has 1 fully saturated rings. The fraction of sp³-hybridized carbons (Fsp3) is 0.467. The lowest BCUT2D eigenvalue weighted by molar-refractivity contribution is 0.520. The Bertz CT molecular complexity index is 647. The van der Waals surface area contributed by atoms with E-state index in [-0.39, 0.29) is 6.04 Å². The Kier molecular flexibility index (Phi) is 4.76. The summed E-state index contributed by atoms with van der Waals surface area (Å²) in [5.41, 5.74) is 0. The lowest BCUT2D eigenvalue weighted by Crippen LogP contribution is -2.43. The third kappa shape index (κ3) is 3.98. The van der Waals surface area contributed by atoms with Crippen molar-refractivity contribution >= 4 is 29.3 Å². The second-order valence-corrected chi connectivity index (χ2v) is 6.20. The van der Waals surface area contributed by atoms with Gasteiger partial charge in [0.1, 0.15) is 5.82 Å². The Hall–Kier alpha value is -2.15. The molecule has 0 spiro atoms. The van der Waals surface area contributed by atoms with Gasteiger partial charge in [0.2, 0.25) is 11.9 Å². The number of anilines is 3. The average molecular weight is 334 g/mol. The van der Waals surface area contributed by atoms with Gasteiger partial charge in [-0.15, -0.1) is 0 Å². The van der Waals surface area contributed by atoms with Crippen molar-refractivity contribution in [2.24, 2.45) is 0 Å². The van der Waals surface area contributed by atoms with E-state index in [1.165, 1.54) is 0 Å². The van der Waals surface area contributed by atoms with Crippen molar-refractivity contribution in [3.05, 3.63) is 29.7 Å². The molecule has 0 bridgehead atoms. The van der Waals surface area contributed by atoms with E-state index in [2.05, 4.69) is 30.2 Å². The van der Waals surface area contributed by atoms with Gasteiger partial charge in [0.25, 0.3) is 0 Å². The number of halogens is 1. The van der Waals surface area contributed by atoms with Crippen LogP contribution in [-0.2, 0) is 0 Å². The largest absolute Gasteiger partial charge is 0.363 e. The molecule has 1 aliphatic rings. The van der Waals surface area contributed by atoms with Crippen molar-refractivity contribution in [2.45, 2.75) is 18.9 Å². The zero-order valence-electron chi connectivity index (χ0n) is 13.3. The summed E-state index contributed by atoms with van der Waals surface area (Å²) in [4.78, 5) is 21.5. The molecule has 122 valence electrons. The van der Waals surface area contributed by atoms with Crippen LogP contribution in [0.4, 0.5) is 17.7 Å². The van der Waals surface area contributed by atoms with Crippen molar-refractivity contribution in [1.29, 1.82) is 0 Å². The highest BCUT2D eigenvalue weighted by atomic mass is 35.5. The molecule has 1 aliphatic heterocycles. The number of rotatable bonds is 4. The van der Waals surface area contributed by atoms with Crippen LogP contribution in [0, 0.1) is 0 Å². The highest BCUT2D eigenvalue weighted by Crippen LogP contribution is 2.19. The molecule has 23 heavy (non-hydrogen) atoms. The minimum Gasteiger partial charge on any atom is -0.363 e. The molecule has 3 rings (SSSR count). The van der Waals surface area contributed by atoms with Crippen LogP contribution in [-0.4, -0.2) is 53.2 Å². The van der Waals surface area contributed by atoms with Gasteiger partial charge < -0.3 is 15.1 Å². The lowest BCUT2D eigenvalue weighted by atomic mass is 10.1. The smallest absolute Gasteiger partial charge is 0.225 e. The summed E-state index contributed by atoms with van der Waals surface area (Å²) in [6, 6.07) is 2.15. The van der Waals surface area contributed by atoms with E-state index >= 15 is 0 Å². The standard InChI is InChI=1S/C15H20ClN7/c1-22(2)13-5-6-17-14(21-13)20-12-4-3-7-23(10-12)15-18-8-11(16)9-19-15/h5-6,8-9,12H,3-4,7,10H2,1-2H3,(H,17,20,21). The maximum atomic E-state index is 5.85. The van der Waals surface area contributed by atoms with Gasteiger partial charge >= 0.3 is 0 Å². The zero-order valence-corrected chi connectivity index (χ0v) is 14.0. The molecular weight excluding hydrogens is 314 g/mol. The molecule has 3 heterocycles. The van der Waals surface area contributed by atoms with Crippen LogP contribution >= 0.6 is 11.6 Å². The summed E-state index contributed by atoms with van der Waals surface area (Å²) in [5, 5.41) is 3.97. The van der Waals surface area contributed by atoms with E-state index in [0.29, 0.717) is 16.9 Å². The minimum atomic E-state index is 0.264. The van der Waals surface area contributed by atoms with Gasteiger partial charge in [-0.2, -0.15) is 4.98 Å². The molecule has 0 amide bonds. The van der Waals surface area contributed by atoms with Crippen LogP contribution in [0.3, 0.4) is 0 Å².